The van der Waals surface area contributed by atoms with E-state index in [-0.39, 0.29) is 23.5 Å². The quantitative estimate of drug-likeness (QED) is 0.571. The number of H-pyrrole nitrogens is 1. The van der Waals surface area contributed by atoms with E-state index in [2.05, 4.69) is 29.9 Å². The highest BCUT2D eigenvalue weighted by atomic mass is 32.2. The maximum atomic E-state index is 12.3. The molecule has 1 amide bonds. The molecule has 130 valence electrons. The summed E-state index contributed by atoms with van der Waals surface area (Å²) < 4.78 is 31.8. The van der Waals surface area contributed by atoms with Crippen LogP contribution in [0.25, 0.3) is 0 Å². The molecule has 2 heterocycles. The third kappa shape index (κ3) is 4.31. The molecule has 0 saturated heterocycles. The molecule has 0 aliphatic heterocycles. The van der Waals surface area contributed by atoms with Gasteiger partial charge in [0.25, 0.3) is 5.91 Å². The van der Waals surface area contributed by atoms with Crippen LogP contribution in [0.5, 0.6) is 0 Å². The summed E-state index contributed by atoms with van der Waals surface area (Å²) >= 11 is 0. The van der Waals surface area contributed by atoms with Gasteiger partial charge in [-0.3, -0.25) is 9.89 Å². The zero-order valence-electron chi connectivity index (χ0n) is 13.0. The molecule has 3 N–H and O–H groups in total. The van der Waals surface area contributed by atoms with Crippen molar-refractivity contribution in [3.63, 3.8) is 0 Å². The van der Waals surface area contributed by atoms with Gasteiger partial charge in [-0.05, 0) is 24.3 Å². The van der Waals surface area contributed by atoms with Crippen molar-refractivity contribution in [3.8, 4) is 0 Å². The van der Waals surface area contributed by atoms with E-state index in [0.29, 0.717) is 11.4 Å². The normalized spacial score (nSPS) is 11.4. The molecule has 0 aliphatic rings. The maximum absolute atomic E-state index is 12.3. The number of aromatic amines is 1. The summed E-state index contributed by atoms with van der Waals surface area (Å²) in [4.78, 5) is 12.2. The van der Waals surface area contributed by atoms with Gasteiger partial charge in [0.1, 0.15) is 12.0 Å². The molecule has 0 bridgehead atoms. The molecule has 1 aromatic carbocycles. The molecule has 0 radical (unpaired) electrons. The first kappa shape index (κ1) is 16.9. The molecular weight excluding hydrogens is 346 g/mol. The van der Waals surface area contributed by atoms with Crippen LogP contribution >= 0.6 is 0 Å². The molecule has 10 heteroatoms. The van der Waals surface area contributed by atoms with Crippen LogP contribution in [0.4, 0.5) is 0 Å². The van der Waals surface area contributed by atoms with E-state index in [1.807, 2.05) is 0 Å². The van der Waals surface area contributed by atoms with E-state index in [1.54, 1.807) is 12.1 Å². The van der Waals surface area contributed by atoms with Gasteiger partial charge in [-0.25, -0.2) is 13.1 Å². The SMILES string of the molecule is O=C(NCc1ccon1)c1cccc(S(=O)(=O)NCc2ccn[nH]2)c1. The van der Waals surface area contributed by atoms with Gasteiger partial charge < -0.3 is 9.84 Å². The first-order chi connectivity index (χ1) is 12.0. The lowest BCUT2D eigenvalue weighted by atomic mass is 10.2. The maximum Gasteiger partial charge on any atom is 0.251 e. The minimum atomic E-state index is -3.76. The largest absolute Gasteiger partial charge is 0.364 e. The standard InChI is InChI=1S/C15H15N5O4S/c21-15(16-9-13-5-7-24-20-13)11-2-1-3-14(8-11)25(22,23)18-10-12-4-6-17-19-12/h1-8,18H,9-10H2,(H,16,21)(H,17,19). The topological polar surface area (TPSA) is 130 Å². The number of nitrogens with one attached hydrogen (secondary N) is 3. The second-order valence-corrected chi connectivity index (χ2v) is 6.87. The van der Waals surface area contributed by atoms with Crippen molar-refractivity contribution in [3.05, 3.63) is 65.8 Å². The second-order valence-electron chi connectivity index (χ2n) is 5.11. The van der Waals surface area contributed by atoms with Crippen LogP contribution in [0.2, 0.25) is 0 Å². The van der Waals surface area contributed by atoms with Gasteiger partial charge in [0, 0.05) is 17.8 Å². The van der Waals surface area contributed by atoms with E-state index in [1.165, 1.54) is 36.7 Å². The Morgan fingerprint density at radius 1 is 1.20 bits per heavy atom. The van der Waals surface area contributed by atoms with Crippen LogP contribution in [0.15, 0.2) is 58.3 Å². The van der Waals surface area contributed by atoms with Crippen LogP contribution in [0.1, 0.15) is 21.7 Å². The Hall–Kier alpha value is -2.98. The van der Waals surface area contributed by atoms with Crippen LogP contribution in [0.3, 0.4) is 0 Å². The van der Waals surface area contributed by atoms with E-state index in [0.717, 1.165) is 0 Å². The Bertz CT molecular complexity index is 936. The van der Waals surface area contributed by atoms with Crippen molar-refractivity contribution in [1.29, 1.82) is 0 Å². The molecule has 0 atom stereocenters. The molecule has 0 aliphatic carbocycles. The highest BCUT2D eigenvalue weighted by Crippen LogP contribution is 2.12. The Morgan fingerprint density at radius 2 is 2.08 bits per heavy atom. The minimum Gasteiger partial charge on any atom is -0.364 e. The average Bonchev–Trinajstić information content (AvgIpc) is 3.31. The summed E-state index contributed by atoms with van der Waals surface area (Å²) in [7, 11) is -3.76. The molecule has 9 nitrogen and oxygen atoms in total. The number of nitrogens with zero attached hydrogens (tertiary/aromatic N) is 2. The molecular formula is C15H15N5O4S. The summed E-state index contributed by atoms with van der Waals surface area (Å²) in [5.41, 5.74) is 1.43. The lowest BCUT2D eigenvalue weighted by Gasteiger charge is -2.08. The molecule has 0 unspecified atom stereocenters. The van der Waals surface area contributed by atoms with E-state index in [9.17, 15) is 13.2 Å². The van der Waals surface area contributed by atoms with E-state index >= 15 is 0 Å². The highest BCUT2D eigenvalue weighted by Gasteiger charge is 2.16. The second kappa shape index (κ2) is 7.28. The van der Waals surface area contributed by atoms with Crippen molar-refractivity contribution in [1.82, 2.24) is 25.4 Å². The average molecular weight is 361 g/mol. The van der Waals surface area contributed by atoms with Gasteiger partial charge in [-0.15, -0.1) is 0 Å². The van der Waals surface area contributed by atoms with Crippen molar-refractivity contribution in [2.45, 2.75) is 18.0 Å². The summed E-state index contributed by atoms with van der Waals surface area (Å²) in [6.45, 7) is 0.259. The summed E-state index contributed by atoms with van der Waals surface area (Å²) in [5, 5.41) is 12.7. The monoisotopic (exact) mass is 361 g/mol. The number of hydrogen-bond donors (Lipinski definition) is 3. The highest BCUT2D eigenvalue weighted by molar-refractivity contribution is 7.89. The minimum absolute atomic E-state index is 0.00102. The molecule has 25 heavy (non-hydrogen) atoms. The van der Waals surface area contributed by atoms with Crippen molar-refractivity contribution < 1.29 is 17.7 Å². The third-order valence-electron chi connectivity index (χ3n) is 3.34. The zero-order valence-corrected chi connectivity index (χ0v) is 13.8. The van der Waals surface area contributed by atoms with Crippen LogP contribution in [-0.2, 0) is 23.1 Å². The van der Waals surface area contributed by atoms with Gasteiger partial charge in [-0.1, -0.05) is 11.2 Å². The van der Waals surface area contributed by atoms with Crippen molar-refractivity contribution in [2.24, 2.45) is 0 Å². The first-order valence-electron chi connectivity index (χ1n) is 7.30. The summed E-state index contributed by atoms with van der Waals surface area (Å²) in [5.74, 6) is -0.409. The molecule has 3 aromatic rings. The lowest BCUT2D eigenvalue weighted by molar-refractivity contribution is 0.0950. The summed E-state index contributed by atoms with van der Waals surface area (Å²) in [6, 6.07) is 9.07. The summed E-state index contributed by atoms with van der Waals surface area (Å²) in [6.07, 6.45) is 2.93. The molecule has 3 rings (SSSR count). The number of carbonyl (C=O) groups is 1. The van der Waals surface area contributed by atoms with Gasteiger partial charge in [0.2, 0.25) is 10.0 Å². The molecule has 0 spiro atoms. The predicted molar refractivity (Wildman–Crippen MR) is 86.7 cm³/mol. The Morgan fingerprint density at radius 3 is 2.80 bits per heavy atom. The molecule has 0 fully saturated rings. The Labute approximate surface area is 143 Å². The molecule has 2 aromatic heterocycles. The van der Waals surface area contributed by atoms with Gasteiger partial charge >= 0.3 is 0 Å². The third-order valence-corrected chi connectivity index (χ3v) is 4.74. The van der Waals surface area contributed by atoms with Gasteiger partial charge in [-0.2, -0.15) is 5.10 Å². The number of amides is 1. The Balaban J connectivity index is 1.68. The van der Waals surface area contributed by atoms with Crippen molar-refractivity contribution in [2.75, 3.05) is 0 Å². The number of aromatic nitrogens is 3. The van der Waals surface area contributed by atoms with Crippen LogP contribution in [0, 0.1) is 0 Å². The van der Waals surface area contributed by atoms with Crippen LogP contribution < -0.4 is 10.0 Å². The number of rotatable bonds is 7. The Kier molecular flexibility index (Phi) is 4.91. The van der Waals surface area contributed by atoms with Crippen LogP contribution in [-0.4, -0.2) is 29.7 Å². The first-order valence-corrected chi connectivity index (χ1v) is 8.78. The zero-order chi connectivity index (χ0) is 17.7. The van der Waals surface area contributed by atoms with Gasteiger partial charge in [0.05, 0.1) is 23.7 Å². The number of hydrogen-bond acceptors (Lipinski definition) is 6. The predicted octanol–water partition coefficient (Wildman–Crippen LogP) is 0.806. The fraction of sp³-hybridized carbons (Fsp3) is 0.133. The number of carbonyl (C=O) groups excluding carboxylic acids is 1. The van der Waals surface area contributed by atoms with Crippen molar-refractivity contribution >= 4 is 15.9 Å². The fourth-order valence-corrected chi connectivity index (χ4v) is 3.10. The van der Waals surface area contributed by atoms with E-state index < -0.39 is 15.9 Å². The lowest BCUT2D eigenvalue weighted by Crippen LogP contribution is -2.25. The fourth-order valence-electron chi connectivity index (χ4n) is 2.05. The molecule has 0 saturated carbocycles. The van der Waals surface area contributed by atoms with E-state index in [4.69, 9.17) is 0 Å². The number of sulfonamides is 1. The smallest absolute Gasteiger partial charge is 0.251 e. The number of benzene rings is 1. The van der Waals surface area contributed by atoms with Gasteiger partial charge in [0.15, 0.2) is 0 Å².